The van der Waals surface area contributed by atoms with Crippen molar-refractivity contribution in [2.24, 2.45) is 0 Å². The van der Waals surface area contributed by atoms with Gasteiger partial charge in [-0.1, -0.05) is 65.2 Å². The van der Waals surface area contributed by atoms with Crippen LogP contribution < -0.4 is 5.73 Å². The Bertz CT molecular complexity index is 340. The van der Waals surface area contributed by atoms with Crippen LogP contribution in [-0.4, -0.2) is 9.97 Å². The second-order valence-electron chi connectivity index (χ2n) is 5.74. The van der Waals surface area contributed by atoms with E-state index in [1.807, 2.05) is 6.07 Å². The van der Waals surface area contributed by atoms with Gasteiger partial charge in [-0.15, -0.1) is 0 Å². The molecule has 0 spiro atoms. The lowest BCUT2D eigenvalue weighted by atomic mass is 9.91. The number of nitrogens with zero attached hydrogens (tertiary/aromatic N) is 2. The maximum absolute atomic E-state index is 5.73. The summed E-state index contributed by atoms with van der Waals surface area (Å²) < 4.78 is 0. The number of rotatable bonds is 11. The molecular weight excluding hydrogens is 246 g/mol. The number of anilines is 1. The van der Waals surface area contributed by atoms with Gasteiger partial charge in [-0.2, -0.15) is 0 Å². The van der Waals surface area contributed by atoms with E-state index >= 15 is 0 Å². The van der Waals surface area contributed by atoms with Crippen LogP contribution in [0.2, 0.25) is 0 Å². The van der Waals surface area contributed by atoms with Gasteiger partial charge in [0.25, 0.3) is 0 Å². The summed E-state index contributed by atoms with van der Waals surface area (Å²) in [5, 5.41) is 0. The molecule has 0 unspecified atom stereocenters. The molecule has 0 bridgehead atoms. The summed E-state index contributed by atoms with van der Waals surface area (Å²) >= 11 is 0. The molecule has 0 saturated carbocycles. The van der Waals surface area contributed by atoms with Crippen LogP contribution >= 0.6 is 0 Å². The Morgan fingerprint density at radius 3 is 2.05 bits per heavy atom. The molecular formula is C17H31N3. The van der Waals surface area contributed by atoms with Crippen LogP contribution in [0.5, 0.6) is 0 Å². The van der Waals surface area contributed by atoms with Crippen molar-refractivity contribution in [3.63, 3.8) is 0 Å². The highest BCUT2D eigenvalue weighted by Crippen LogP contribution is 2.27. The molecule has 0 aliphatic rings. The molecule has 0 aliphatic heterocycles. The number of hydrogen-bond acceptors (Lipinski definition) is 3. The van der Waals surface area contributed by atoms with Gasteiger partial charge in [0.1, 0.15) is 0 Å². The van der Waals surface area contributed by atoms with Gasteiger partial charge in [-0.3, -0.25) is 0 Å². The third-order valence-corrected chi connectivity index (χ3v) is 3.93. The molecule has 1 rings (SSSR count). The molecule has 1 aromatic rings. The molecule has 1 aromatic heterocycles. The number of aromatic nitrogens is 2. The van der Waals surface area contributed by atoms with E-state index in [0.29, 0.717) is 11.9 Å². The molecule has 20 heavy (non-hydrogen) atoms. The molecule has 0 saturated heterocycles. The van der Waals surface area contributed by atoms with Gasteiger partial charge >= 0.3 is 0 Å². The Balaban J connectivity index is 2.49. The number of hydrogen-bond donors (Lipinski definition) is 1. The summed E-state index contributed by atoms with van der Waals surface area (Å²) in [5.74, 6) is 0.976. The predicted molar refractivity (Wildman–Crippen MR) is 86.7 cm³/mol. The van der Waals surface area contributed by atoms with Crippen molar-refractivity contribution in [3.05, 3.63) is 18.0 Å². The second-order valence-corrected chi connectivity index (χ2v) is 5.74. The molecule has 0 radical (unpaired) electrons. The highest BCUT2D eigenvalue weighted by Gasteiger charge is 2.13. The Hall–Kier alpha value is -1.12. The molecule has 3 heteroatoms. The van der Waals surface area contributed by atoms with Gasteiger partial charge in [0.05, 0.1) is 0 Å². The zero-order valence-electron chi connectivity index (χ0n) is 13.3. The van der Waals surface area contributed by atoms with E-state index in [0.717, 1.165) is 5.69 Å². The van der Waals surface area contributed by atoms with Crippen LogP contribution in [-0.2, 0) is 0 Å². The van der Waals surface area contributed by atoms with Gasteiger partial charge in [0.15, 0.2) is 0 Å². The maximum Gasteiger partial charge on any atom is 0.220 e. The SMILES string of the molecule is CCCCCCC(CCCCCC)c1ccnc(N)n1. The summed E-state index contributed by atoms with van der Waals surface area (Å²) in [6, 6.07) is 2.04. The number of unbranched alkanes of at least 4 members (excludes halogenated alkanes) is 6. The van der Waals surface area contributed by atoms with Gasteiger partial charge in [0.2, 0.25) is 5.95 Å². The first kappa shape index (κ1) is 16.9. The standard InChI is InChI=1S/C17H31N3/c1-3-5-7-9-11-15(12-10-8-6-4-2)16-13-14-19-17(18)20-16/h13-15H,3-12H2,1-2H3,(H2,18,19,20). The summed E-state index contributed by atoms with van der Waals surface area (Å²) in [6.07, 6.45) is 14.8. The quantitative estimate of drug-likeness (QED) is 0.574. The predicted octanol–water partition coefficient (Wildman–Crippen LogP) is 5.08. The Morgan fingerprint density at radius 1 is 0.950 bits per heavy atom. The van der Waals surface area contributed by atoms with Crippen molar-refractivity contribution in [2.45, 2.75) is 84.0 Å². The molecule has 114 valence electrons. The minimum Gasteiger partial charge on any atom is -0.368 e. The highest BCUT2D eigenvalue weighted by atomic mass is 15.0. The zero-order chi connectivity index (χ0) is 14.6. The molecule has 0 atom stereocenters. The molecule has 0 fully saturated rings. The Labute approximate surface area is 124 Å². The van der Waals surface area contributed by atoms with Crippen LogP contribution in [0.4, 0.5) is 5.95 Å². The first-order chi connectivity index (χ1) is 9.77. The zero-order valence-corrected chi connectivity index (χ0v) is 13.3. The molecule has 0 aromatic carbocycles. The molecule has 0 amide bonds. The number of nitrogen functional groups attached to an aromatic ring is 1. The first-order valence-corrected chi connectivity index (χ1v) is 8.36. The smallest absolute Gasteiger partial charge is 0.220 e. The summed E-state index contributed by atoms with van der Waals surface area (Å²) in [5.41, 5.74) is 6.87. The topological polar surface area (TPSA) is 51.8 Å². The van der Waals surface area contributed by atoms with Crippen molar-refractivity contribution >= 4 is 5.95 Å². The maximum atomic E-state index is 5.73. The fourth-order valence-corrected chi connectivity index (χ4v) is 2.69. The minimum absolute atomic E-state index is 0.412. The van der Waals surface area contributed by atoms with Crippen molar-refractivity contribution in [1.82, 2.24) is 9.97 Å². The average molecular weight is 277 g/mol. The summed E-state index contributed by atoms with van der Waals surface area (Å²) in [7, 11) is 0. The van der Waals surface area contributed by atoms with E-state index in [1.165, 1.54) is 64.2 Å². The molecule has 2 N–H and O–H groups in total. The van der Waals surface area contributed by atoms with Gasteiger partial charge in [0, 0.05) is 17.8 Å². The van der Waals surface area contributed by atoms with E-state index in [4.69, 9.17) is 5.73 Å². The Kier molecular flexibility index (Phi) is 9.01. The third kappa shape index (κ3) is 6.88. The molecule has 3 nitrogen and oxygen atoms in total. The van der Waals surface area contributed by atoms with Crippen molar-refractivity contribution in [3.8, 4) is 0 Å². The van der Waals surface area contributed by atoms with Gasteiger partial charge in [-0.25, -0.2) is 9.97 Å². The van der Waals surface area contributed by atoms with Crippen LogP contribution in [0.25, 0.3) is 0 Å². The minimum atomic E-state index is 0.412. The van der Waals surface area contributed by atoms with E-state index in [9.17, 15) is 0 Å². The largest absolute Gasteiger partial charge is 0.368 e. The summed E-state index contributed by atoms with van der Waals surface area (Å²) in [4.78, 5) is 8.45. The highest BCUT2D eigenvalue weighted by molar-refractivity contribution is 5.19. The van der Waals surface area contributed by atoms with Crippen molar-refractivity contribution in [2.75, 3.05) is 5.73 Å². The first-order valence-electron chi connectivity index (χ1n) is 8.36. The monoisotopic (exact) mass is 277 g/mol. The second kappa shape index (κ2) is 10.6. The molecule has 1 heterocycles. The lowest BCUT2D eigenvalue weighted by Gasteiger charge is -2.16. The molecule has 0 aliphatic carbocycles. The van der Waals surface area contributed by atoms with Crippen molar-refractivity contribution in [1.29, 1.82) is 0 Å². The van der Waals surface area contributed by atoms with E-state index in [2.05, 4.69) is 23.8 Å². The Morgan fingerprint density at radius 2 is 1.55 bits per heavy atom. The average Bonchev–Trinajstić information content (AvgIpc) is 2.45. The van der Waals surface area contributed by atoms with Crippen LogP contribution in [0.15, 0.2) is 12.3 Å². The lowest BCUT2D eigenvalue weighted by molar-refractivity contribution is 0.488. The van der Waals surface area contributed by atoms with Gasteiger partial charge in [-0.05, 0) is 18.9 Å². The number of nitrogens with two attached hydrogens (primary N) is 1. The van der Waals surface area contributed by atoms with Crippen LogP contribution in [0.1, 0.15) is 89.7 Å². The van der Waals surface area contributed by atoms with Gasteiger partial charge < -0.3 is 5.73 Å². The van der Waals surface area contributed by atoms with Crippen LogP contribution in [0.3, 0.4) is 0 Å². The van der Waals surface area contributed by atoms with E-state index < -0.39 is 0 Å². The summed E-state index contributed by atoms with van der Waals surface area (Å²) in [6.45, 7) is 4.51. The lowest BCUT2D eigenvalue weighted by Crippen LogP contribution is -2.05. The fraction of sp³-hybridized carbons (Fsp3) is 0.765. The third-order valence-electron chi connectivity index (χ3n) is 3.93. The van der Waals surface area contributed by atoms with E-state index in [1.54, 1.807) is 6.20 Å². The van der Waals surface area contributed by atoms with Crippen molar-refractivity contribution < 1.29 is 0 Å². The normalized spacial score (nSPS) is 11.2. The van der Waals surface area contributed by atoms with Crippen LogP contribution in [0, 0.1) is 0 Å². The van der Waals surface area contributed by atoms with E-state index in [-0.39, 0.29) is 0 Å². The fourth-order valence-electron chi connectivity index (χ4n) is 2.69.